The van der Waals surface area contributed by atoms with Crippen molar-refractivity contribution < 1.29 is 23.1 Å². The van der Waals surface area contributed by atoms with Crippen LogP contribution in [0.15, 0.2) is 24.3 Å². The smallest absolute Gasteiger partial charge is 0.416 e. The van der Waals surface area contributed by atoms with E-state index in [2.05, 4.69) is 0 Å². The fourth-order valence-corrected chi connectivity index (χ4v) is 2.65. The van der Waals surface area contributed by atoms with Crippen molar-refractivity contribution in [3.8, 4) is 0 Å². The Morgan fingerprint density at radius 2 is 2.00 bits per heavy atom. The number of rotatable bonds is 5. The highest BCUT2D eigenvalue weighted by atomic mass is 32.2. The predicted octanol–water partition coefficient (Wildman–Crippen LogP) is 4.05. The maximum Gasteiger partial charge on any atom is 0.416 e. The normalized spacial score (nSPS) is 13.6. The molecule has 1 atom stereocenters. The van der Waals surface area contributed by atoms with E-state index < -0.39 is 23.0 Å². The van der Waals surface area contributed by atoms with Gasteiger partial charge in [-0.05, 0) is 17.5 Å². The molecule has 6 heteroatoms. The zero-order chi connectivity index (χ0) is 14.6. The summed E-state index contributed by atoms with van der Waals surface area (Å²) in [6.45, 7) is 3.55. The maximum atomic E-state index is 12.5. The summed E-state index contributed by atoms with van der Waals surface area (Å²) in [7, 11) is 0. The van der Waals surface area contributed by atoms with Gasteiger partial charge in [0.15, 0.2) is 0 Å². The first kappa shape index (κ1) is 15.9. The lowest BCUT2D eigenvalue weighted by Crippen LogP contribution is -2.22. The number of benzene rings is 1. The van der Waals surface area contributed by atoms with Crippen LogP contribution in [0, 0.1) is 5.92 Å². The van der Waals surface area contributed by atoms with Gasteiger partial charge < -0.3 is 5.11 Å². The Hall–Kier alpha value is -1.17. The molecule has 1 aromatic rings. The van der Waals surface area contributed by atoms with Gasteiger partial charge in [-0.15, -0.1) is 11.8 Å². The van der Waals surface area contributed by atoms with E-state index in [0.29, 0.717) is 5.56 Å². The first-order valence-corrected chi connectivity index (χ1v) is 6.77. The summed E-state index contributed by atoms with van der Waals surface area (Å²) < 4.78 is 37.6. The van der Waals surface area contributed by atoms with Crippen molar-refractivity contribution in [2.75, 3.05) is 0 Å². The van der Waals surface area contributed by atoms with Gasteiger partial charge in [0.2, 0.25) is 0 Å². The van der Waals surface area contributed by atoms with Gasteiger partial charge in [0, 0.05) is 5.75 Å². The molecule has 0 aliphatic carbocycles. The topological polar surface area (TPSA) is 37.3 Å². The number of alkyl halides is 3. The van der Waals surface area contributed by atoms with Gasteiger partial charge in [-0.3, -0.25) is 4.79 Å². The van der Waals surface area contributed by atoms with Crippen molar-refractivity contribution in [2.45, 2.75) is 31.0 Å². The number of hydrogen-bond acceptors (Lipinski definition) is 2. The van der Waals surface area contributed by atoms with Gasteiger partial charge >= 0.3 is 12.1 Å². The summed E-state index contributed by atoms with van der Waals surface area (Å²) in [5.41, 5.74) is -0.228. The molecule has 19 heavy (non-hydrogen) atoms. The van der Waals surface area contributed by atoms with E-state index >= 15 is 0 Å². The van der Waals surface area contributed by atoms with E-state index in [-0.39, 0.29) is 11.7 Å². The number of aliphatic carboxylic acids is 1. The average Bonchev–Trinajstić information content (AvgIpc) is 2.27. The van der Waals surface area contributed by atoms with Crippen LogP contribution in [0.4, 0.5) is 13.2 Å². The Labute approximate surface area is 114 Å². The first-order valence-electron chi connectivity index (χ1n) is 5.72. The van der Waals surface area contributed by atoms with E-state index in [9.17, 15) is 18.0 Å². The third-order valence-corrected chi connectivity index (χ3v) is 4.14. The summed E-state index contributed by atoms with van der Waals surface area (Å²) in [6.07, 6.45) is -4.37. The van der Waals surface area contributed by atoms with E-state index in [1.165, 1.54) is 6.07 Å². The molecule has 0 saturated carbocycles. The van der Waals surface area contributed by atoms with Crippen LogP contribution in [0.5, 0.6) is 0 Å². The average molecular weight is 292 g/mol. The molecule has 0 amide bonds. The van der Waals surface area contributed by atoms with Crippen LogP contribution < -0.4 is 0 Å². The fourth-order valence-electron chi connectivity index (χ4n) is 1.57. The molecule has 0 aliphatic rings. The van der Waals surface area contributed by atoms with Crippen LogP contribution in [0.1, 0.15) is 25.0 Å². The van der Waals surface area contributed by atoms with Gasteiger partial charge in [-0.1, -0.05) is 32.0 Å². The molecule has 0 aromatic heterocycles. The summed E-state index contributed by atoms with van der Waals surface area (Å²) >= 11 is 1.14. The molecular weight excluding hydrogens is 277 g/mol. The number of carboxylic acids is 1. The number of carboxylic acid groups (broad SMARTS) is 1. The van der Waals surface area contributed by atoms with Crippen molar-refractivity contribution >= 4 is 17.7 Å². The SMILES string of the molecule is CC(C)C(SCc1cccc(C(F)(F)F)c1)C(=O)O. The molecule has 2 nitrogen and oxygen atoms in total. The molecule has 0 bridgehead atoms. The van der Waals surface area contributed by atoms with Gasteiger partial charge in [-0.2, -0.15) is 13.2 Å². The van der Waals surface area contributed by atoms with Crippen molar-refractivity contribution in [1.82, 2.24) is 0 Å². The molecule has 0 fully saturated rings. The third-order valence-electron chi connectivity index (χ3n) is 2.53. The third kappa shape index (κ3) is 4.78. The summed E-state index contributed by atoms with van der Waals surface area (Å²) in [5, 5.41) is 8.39. The van der Waals surface area contributed by atoms with Crippen LogP contribution in [-0.4, -0.2) is 16.3 Å². The van der Waals surface area contributed by atoms with Crippen molar-refractivity contribution in [1.29, 1.82) is 0 Å². The fraction of sp³-hybridized carbons (Fsp3) is 0.462. The molecule has 0 radical (unpaired) electrons. The van der Waals surface area contributed by atoms with E-state index in [1.807, 2.05) is 0 Å². The summed E-state index contributed by atoms with van der Waals surface area (Å²) in [4.78, 5) is 11.0. The summed E-state index contributed by atoms with van der Waals surface area (Å²) in [5.74, 6) is -0.765. The minimum absolute atomic E-state index is 0.0756. The number of halogens is 3. The molecule has 0 heterocycles. The Kier molecular flexibility index (Phi) is 5.29. The quantitative estimate of drug-likeness (QED) is 0.889. The lowest BCUT2D eigenvalue weighted by atomic mass is 10.1. The van der Waals surface area contributed by atoms with Gasteiger partial charge in [0.25, 0.3) is 0 Å². The highest BCUT2D eigenvalue weighted by Crippen LogP contribution is 2.31. The number of carbonyl (C=O) groups is 1. The molecule has 0 spiro atoms. The highest BCUT2D eigenvalue weighted by molar-refractivity contribution is 7.99. The molecule has 106 valence electrons. The zero-order valence-electron chi connectivity index (χ0n) is 10.6. The van der Waals surface area contributed by atoms with Crippen molar-refractivity contribution in [3.63, 3.8) is 0 Å². The zero-order valence-corrected chi connectivity index (χ0v) is 11.4. The minimum Gasteiger partial charge on any atom is -0.480 e. The first-order chi connectivity index (χ1) is 8.71. The van der Waals surface area contributed by atoms with E-state index in [1.54, 1.807) is 19.9 Å². The molecular formula is C13H15F3O2S. The lowest BCUT2D eigenvalue weighted by molar-refractivity contribution is -0.138. The van der Waals surface area contributed by atoms with Crippen LogP contribution in [-0.2, 0) is 16.7 Å². The second kappa shape index (κ2) is 6.32. The second-order valence-corrected chi connectivity index (χ2v) is 5.64. The van der Waals surface area contributed by atoms with Crippen LogP contribution >= 0.6 is 11.8 Å². The Bertz CT molecular complexity index is 444. The largest absolute Gasteiger partial charge is 0.480 e. The predicted molar refractivity (Wildman–Crippen MR) is 69.0 cm³/mol. The van der Waals surface area contributed by atoms with Gasteiger partial charge in [0.05, 0.1) is 5.56 Å². The van der Waals surface area contributed by atoms with Crippen LogP contribution in [0.2, 0.25) is 0 Å². The molecule has 1 unspecified atom stereocenters. The number of thioether (sulfide) groups is 1. The maximum absolute atomic E-state index is 12.5. The number of hydrogen-bond donors (Lipinski definition) is 1. The highest BCUT2D eigenvalue weighted by Gasteiger charge is 2.30. The molecule has 0 saturated heterocycles. The standard InChI is InChI=1S/C13H15F3O2S/c1-8(2)11(12(17)18)19-7-9-4-3-5-10(6-9)13(14,15)16/h3-6,8,11H,7H2,1-2H3,(H,17,18). The summed E-state index contributed by atoms with van der Waals surface area (Å²) in [6, 6.07) is 4.98. The Morgan fingerprint density at radius 3 is 2.47 bits per heavy atom. The Morgan fingerprint density at radius 1 is 1.37 bits per heavy atom. The van der Waals surface area contributed by atoms with Crippen molar-refractivity contribution in [3.05, 3.63) is 35.4 Å². The van der Waals surface area contributed by atoms with Crippen LogP contribution in [0.3, 0.4) is 0 Å². The Balaban J connectivity index is 2.75. The van der Waals surface area contributed by atoms with Gasteiger partial charge in [0.1, 0.15) is 5.25 Å². The lowest BCUT2D eigenvalue weighted by Gasteiger charge is -2.16. The minimum atomic E-state index is -4.37. The van der Waals surface area contributed by atoms with Gasteiger partial charge in [-0.25, -0.2) is 0 Å². The van der Waals surface area contributed by atoms with E-state index in [4.69, 9.17) is 5.11 Å². The van der Waals surface area contributed by atoms with Crippen LogP contribution in [0.25, 0.3) is 0 Å². The molecule has 1 N–H and O–H groups in total. The van der Waals surface area contributed by atoms with E-state index in [0.717, 1.165) is 23.9 Å². The molecule has 1 aromatic carbocycles. The monoisotopic (exact) mass is 292 g/mol. The molecule has 1 rings (SSSR count). The van der Waals surface area contributed by atoms with Crippen molar-refractivity contribution in [2.24, 2.45) is 5.92 Å². The second-order valence-electron chi connectivity index (χ2n) is 4.51. The molecule has 0 aliphatic heterocycles.